The van der Waals surface area contributed by atoms with Gasteiger partial charge in [0.15, 0.2) is 0 Å². The first-order chi connectivity index (χ1) is 11.0. The van der Waals surface area contributed by atoms with E-state index in [0.29, 0.717) is 11.1 Å². The maximum atomic E-state index is 12.8. The summed E-state index contributed by atoms with van der Waals surface area (Å²) in [6.07, 6.45) is 3.36. The topological polar surface area (TPSA) is 70.7 Å². The van der Waals surface area contributed by atoms with Crippen molar-refractivity contribution in [3.63, 3.8) is 0 Å². The third kappa shape index (κ3) is 2.37. The Morgan fingerprint density at radius 1 is 1.00 bits per heavy atom. The molecule has 0 amide bonds. The molecular formula is C18H16O4S. The predicted molar refractivity (Wildman–Crippen MR) is 92.5 cm³/mol. The van der Waals surface area contributed by atoms with Crippen molar-refractivity contribution in [2.24, 2.45) is 0 Å². The van der Waals surface area contributed by atoms with Crippen molar-refractivity contribution in [2.75, 3.05) is 6.26 Å². The normalized spacial score (nSPS) is 11.1. The number of aromatic hydroxyl groups is 2. The zero-order valence-corrected chi connectivity index (χ0v) is 13.8. The minimum absolute atomic E-state index is 0.0600. The second-order valence-corrected chi connectivity index (χ2v) is 6.24. The summed E-state index contributed by atoms with van der Waals surface area (Å²) in [4.78, 5) is 13.9. The molecule has 0 atom stereocenters. The second-order valence-electron chi connectivity index (χ2n) is 5.36. The first-order valence-corrected chi connectivity index (χ1v) is 8.29. The Bertz CT molecular complexity index is 956. The second kappa shape index (κ2) is 5.66. The van der Waals surface area contributed by atoms with Crippen LogP contribution < -0.4 is 5.43 Å². The average Bonchev–Trinajstić information content (AvgIpc) is 2.58. The molecule has 1 heterocycles. The molecule has 0 aliphatic carbocycles. The Kier molecular flexibility index (Phi) is 3.82. The van der Waals surface area contributed by atoms with Crippen LogP contribution in [0.2, 0.25) is 0 Å². The zero-order valence-electron chi connectivity index (χ0n) is 13.0. The van der Waals surface area contributed by atoms with Crippen molar-refractivity contribution in [1.29, 1.82) is 0 Å². The smallest absolute Gasteiger partial charge is 0.204 e. The number of thioether (sulfide) groups is 1. The summed E-state index contributed by atoms with van der Waals surface area (Å²) in [7, 11) is 0. The van der Waals surface area contributed by atoms with Crippen LogP contribution in [-0.4, -0.2) is 16.5 Å². The van der Waals surface area contributed by atoms with Crippen LogP contribution in [0.5, 0.6) is 11.5 Å². The first kappa shape index (κ1) is 15.5. The van der Waals surface area contributed by atoms with E-state index in [-0.39, 0.29) is 33.5 Å². The van der Waals surface area contributed by atoms with Crippen LogP contribution in [0.3, 0.4) is 0 Å². The van der Waals surface area contributed by atoms with Gasteiger partial charge in [-0.15, -0.1) is 11.8 Å². The van der Waals surface area contributed by atoms with Gasteiger partial charge >= 0.3 is 0 Å². The summed E-state index contributed by atoms with van der Waals surface area (Å²) in [5, 5.41) is 20.4. The molecule has 0 spiro atoms. The van der Waals surface area contributed by atoms with E-state index in [1.807, 2.05) is 30.5 Å². The molecule has 0 radical (unpaired) electrons. The van der Waals surface area contributed by atoms with E-state index in [0.717, 1.165) is 10.5 Å². The largest absolute Gasteiger partial charge is 0.507 e. The van der Waals surface area contributed by atoms with E-state index in [1.165, 1.54) is 6.26 Å². The van der Waals surface area contributed by atoms with Gasteiger partial charge in [0.2, 0.25) is 5.43 Å². The van der Waals surface area contributed by atoms with E-state index in [2.05, 4.69) is 0 Å². The average molecular weight is 328 g/mol. The van der Waals surface area contributed by atoms with E-state index in [4.69, 9.17) is 4.42 Å². The molecule has 23 heavy (non-hydrogen) atoms. The van der Waals surface area contributed by atoms with Gasteiger partial charge in [-0.25, -0.2) is 0 Å². The SMILES string of the molecule is CSc1ccc(-c2coc3c(C)c(O)c(C)c(O)c3c2=O)cc1. The Morgan fingerprint density at radius 2 is 1.65 bits per heavy atom. The lowest BCUT2D eigenvalue weighted by Gasteiger charge is -2.11. The van der Waals surface area contributed by atoms with Crippen molar-refractivity contribution in [3.8, 4) is 22.6 Å². The lowest BCUT2D eigenvalue weighted by atomic mass is 10.0. The molecule has 0 bridgehead atoms. The molecule has 0 unspecified atom stereocenters. The number of hydrogen-bond donors (Lipinski definition) is 2. The molecule has 0 aliphatic heterocycles. The van der Waals surface area contributed by atoms with Crippen molar-refractivity contribution in [2.45, 2.75) is 18.7 Å². The standard InChI is InChI=1S/C18H16O4S/c1-9-15(19)10(2)18-14(16(9)20)17(21)13(8-22-18)11-4-6-12(23-3)7-5-11/h4-8,19-20H,1-3H3. The fourth-order valence-corrected chi connectivity index (χ4v) is 3.03. The molecule has 2 N–H and O–H groups in total. The van der Waals surface area contributed by atoms with Gasteiger partial charge in [-0.2, -0.15) is 0 Å². The van der Waals surface area contributed by atoms with E-state index < -0.39 is 0 Å². The van der Waals surface area contributed by atoms with Crippen molar-refractivity contribution >= 4 is 22.7 Å². The summed E-state index contributed by atoms with van der Waals surface area (Å²) in [6.45, 7) is 3.22. The first-order valence-electron chi connectivity index (χ1n) is 7.06. The lowest BCUT2D eigenvalue weighted by molar-refractivity contribution is 0.442. The fraction of sp³-hybridized carbons (Fsp3) is 0.167. The number of hydrogen-bond acceptors (Lipinski definition) is 5. The summed E-state index contributed by atoms with van der Waals surface area (Å²) in [5.41, 5.74) is 1.71. The third-order valence-corrected chi connectivity index (χ3v) is 4.78. The minimum atomic E-state index is -0.313. The Morgan fingerprint density at radius 3 is 2.26 bits per heavy atom. The number of rotatable bonds is 2. The Hall–Kier alpha value is -2.40. The van der Waals surface area contributed by atoms with Gasteiger partial charge in [0.05, 0.1) is 5.56 Å². The van der Waals surface area contributed by atoms with Crippen molar-refractivity contribution in [1.82, 2.24) is 0 Å². The van der Waals surface area contributed by atoms with Gasteiger partial charge in [-0.3, -0.25) is 4.79 Å². The molecule has 118 valence electrons. The van der Waals surface area contributed by atoms with Gasteiger partial charge in [0.1, 0.15) is 28.7 Å². The summed E-state index contributed by atoms with van der Waals surface area (Å²) >= 11 is 1.62. The summed E-state index contributed by atoms with van der Waals surface area (Å²) in [5.74, 6) is -0.297. The van der Waals surface area contributed by atoms with Gasteiger partial charge in [0, 0.05) is 16.0 Å². The van der Waals surface area contributed by atoms with Gasteiger partial charge in [-0.05, 0) is 37.8 Å². The molecule has 0 saturated carbocycles. The van der Waals surface area contributed by atoms with E-state index in [9.17, 15) is 15.0 Å². The van der Waals surface area contributed by atoms with Crippen LogP contribution >= 0.6 is 11.8 Å². The highest BCUT2D eigenvalue weighted by Gasteiger charge is 2.19. The molecule has 1 aromatic heterocycles. The van der Waals surface area contributed by atoms with Gasteiger partial charge in [0.25, 0.3) is 0 Å². The molecule has 5 heteroatoms. The summed E-state index contributed by atoms with van der Waals surface area (Å²) in [6, 6.07) is 7.55. The molecule has 0 aliphatic rings. The zero-order chi connectivity index (χ0) is 16.7. The van der Waals surface area contributed by atoms with Crippen LogP contribution in [0.1, 0.15) is 11.1 Å². The quantitative estimate of drug-likeness (QED) is 0.690. The van der Waals surface area contributed by atoms with Gasteiger partial charge in [-0.1, -0.05) is 12.1 Å². The molecule has 0 saturated heterocycles. The van der Waals surface area contributed by atoms with Crippen LogP contribution in [0.25, 0.3) is 22.1 Å². The molecular weight excluding hydrogens is 312 g/mol. The number of aryl methyl sites for hydroxylation is 1. The van der Waals surface area contributed by atoms with Crippen LogP contribution in [0, 0.1) is 13.8 Å². The molecule has 2 aromatic carbocycles. The van der Waals surface area contributed by atoms with Crippen LogP contribution in [-0.2, 0) is 0 Å². The van der Waals surface area contributed by atoms with E-state index in [1.54, 1.807) is 25.6 Å². The Labute approximate surface area is 137 Å². The van der Waals surface area contributed by atoms with Crippen LogP contribution in [0.15, 0.2) is 44.6 Å². The fourth-order valence-electron chi connectivity index (χ4n) is 2.62. The molecule has 4 nitrogen and oxygen atoms in total. The van der Waals surface area contributed by atoms with Gasteiger partial charge < -0.3 is 14.6 Å². The van der Waals surface area contributed by atoms with Crippen molar-refractivity contribution < 1.29 is 14.6 Å². The van der Waals surface area contributed by atoms with Crippen molar-refractivity contribution in [3.05, 3.63) is 51.9 Å². The Balaban J connectivity index is 2.33. The van der Waals surface area contributed by atoms with E-state index >= 15 is 0 Å². The lowest BCUT2D eigenvalue weighted by Crippen LogP contribution is -2.06. The third-order valence-electron chi connectivity index (χ3n) is 4.04. The number of phenols is 2. The maximum Gasteiger partial charge on any atom is 0.204 e. The predicted octanol–water partition coefficient (Wildman–Crippen LogP) is 4.21. The molecule has 3 aromatic rings. The monoisotopic (exact) mass is 328 g/mol. The highest BCUT2D eigenvalue weighted by molar-refractivity contribution is 7.98. The number of fused-ring (bicyclic) bond motifs is 1. The highest BCUT2D eigenvalue weighted by atomic mass is 32.2. The number of benzene rings is 2. The number of phenolic OH excluding ortho intramolecular Hbond substituents is 2. The minimum Gasteiger partial charge on any atom is -0.507 e. The molecule has 3 rings (SSSR count). The highest BCUT2D eigenvalue weighted by Crippen LogP contribution is 2.38. The molecule has 0 fully saturated rings. The maximum absolute atomic E-state index is 12.8. The van der Waals surface area contributed by atoms with Crippen LogP contribution in [0.4, 0.5) is 0 Å². The summed E-state index contributed by atoms with van der Waals surface area (Å²) < 4.78 is 5.56.